The number of hydrogen-bond acceptors (Lipinski definition) is 4. The Morgan fingerprint density at radius 3 is 2.29 bits per heavy atom. The molecule has 118 valence electrons. The molecule has 0 aromatic heterocycles. The Balaban J connectivity index is 2.08. The number of benzene rings is 1. The van der Waals surface area contributed by atoms with Gasteiger partial charge in [0.2, 0.25) is 10.0 Å². The average Bonchev–Trinajstić information content (AvgIpc) is 2.47. The van der Waals surface area contributed by atoms with Crippen LogP contribution < -0.4 is 15.4 Å². The van der Waals surface area contributed by atoms with Crippen molar-refractivity contribution in [3.63, 3.8) is 0 Å². The van der Waals surface area contributed by atoms with Gasteiger partial charge in [-0.1, -0.05) is 6.92 Å². The van der Waals surface area contributed by atoms with Crippen LogP contribution in [0.25, 0.3) is 0 Å². The zero-order valence-corrected chi connectivity index (χ0v) is 13.6. The van der Waals surface area contributed by atoms with Crippen LogP contribution in [-0.2, 0) is 10.0 Å². The van der Waals surface area contributed by atoms with E-state index >= 15 is 0 Å². The third-order valence-corrected chi connectivity index (χ3v) is 5.74. The molecule has 1 saturated carbocycles. The molecule has 0 heterocycles. The highest BCUT2D eigenvalue weighted by Gasteiger charge is 2.22. The Kier molecular flexibility index (Phi) is 5.24. The van der Waals surface area contributed by atoms with Crippen LogP contribution in [0.4, 0.5) is 5.69 Å². The minimum Gasteiger partial charge on any atom is -0.372 e. The van der Waals surface area contributed by atoms with Gasteiger partial charge in [-0.15, -0.1) is 0 Å². The van der Waals surface area contributed by atoms with E-state index in [-0.39, 0.29) is 0 Å². The largest absolute Gasteiger partial charge is 0.372 e. The molecular formula is C15H25N3O2S. The molecule has 3 N–H and O–H groups in total. The number of nitrogens with one attached hydrogen (secondary N) is 1. The molecule has 6 heteroatoms. The second kappa shape index (κ2) is 6.77. The molecule has 0 unspecified atom stereocenters. The molecule has 0 spiro atoms. The molecule has 5 nitrogen and oxygen atoms in total. The van der Waals surface area contributed by atoms with Crippen LogP contribution in [-0.4, -0.2) is 34.1 Å². The number of anilines is 1. The van der Waals surface area contributed by atoms with Crippen LogP contribution in [0.5, 0.6) is 0 Å². The number of nitrogens with zero attached hydrogens (tertiary/aromatic N) is 1. The van der Waals surface area contributed by atoms with Crippen molar-refractivity contribution in [2.24, 2.45) is 5.73 Å². The maximum absolute atomic E-state index is 11.9. The second-order valence-electron chi connectivity index (χ2n) is 5.67. The zero-order chi connectivity index (χ0) is 15.5. The first kappa shape index (κ1) is 16.3. The van der Waals surface area contributed by atoms with E-state index in [9.17, 15) is 8.42 Å². The van der Waals surface area contributed by atoms with E-state index in [1.165, 1.54) is 0 Å². The van der Waals surface area contributed by atoms with Crippen LogP contribution in [0.3, 0.4) is 0 Å². The first-order valence-corrected chi connectivity index (χ1v) is 9.00. The molecular weight excluding hydrogens is 286 g/mol. The van der Waals surface area contributed by atoms with Gasteiger partial charge < -0.3 is 10.6 Å². The van der Waals surface area contributed by atoms with Gasteiger partial charge in [-0.05, 0) is 49.9 Å². The molecule has 0 amide bonds. The topological polar surface area (TPSA) is 75.4 Å². The van der Waals surface area contributed by atoms with E-state index in [4.69, 9.17) is 5.73 Å². The molecule has 1 aliphatic carbocycles. The Hall–Kier alpha value is -1.11. The average molecular weight is 311 g/mol. The minimum absolute atomic E-state index is 0.312. The fourth-order valence-corrected chi connectivity index (χ4v) is 3.87. The summed E-state index contributed by atoms with van der Waals surface area (Å²) in [5.41, 5.74) is 6.99. The van der Waals surface area contributed by atoms with Crippen molar-refractivity contribution in [1.82, 2.24) is 4.72 Å². The fourth-order valence-electron chi connectivity index (χ4n) is 2.83. The second-order valence-corrected chi connectivity index (χ2v) is 7.44. The summed E-state index contributed by atoms with van der Waals surface area (Å²) in [6.45, 7) is 2.17. The van der Waals surface area contributed by atoms with Crippen LogP contribution >= 0.6 is 0 Å². The molecule has 1 aromatic rings. The minimum atomic E-state index is -3.37. The van der Waals surface area contributed by atoms with E-state index in [1.807, 2.05) is 12.1 Å². The van der Waals surface area contributed by atoms with E-state index in [2.05, 4.69) is 16.7 Å². The van der Waals surface area contributed by atoms with Crippen molar-refractivity contribution in [3.05, 3.63) is 24.3 Å². The lowest BCUT2D eigenvalue weighted by atomic mass is 9.91. The van der Waals surface area contributed by atoms with E-state index in [0.29, 0.717) is 23.5 Å². The van der Waals surface area contributed by atoms with E-state index in [1.54, 1.807) is 19.1 Å². The summed E-state index contributed by atoms with van der Waals surface area (Å²) in [6.07, 6.45) is 4.30. The summed E-state index contributed by atoms with van der Waals surface area (Å²) in [5.74, 6) is 0. The summed E-state index contributed by atoms with van der Waals surface area (Å²) < 4.78 is 26.3. The summed E-state index contributed by atoms with van der Waals surface area (Å²) >= 11 is 0. The Morgan fingerprint density at radius 1 is 1.19 bits per heavy atom. The predicted octanol–water partition coefficient (Wildman–Crippen LogP) is 1.69. The molecule has 0 aliphatic heterocycles. The van der Waals surface area contributed by atoms with E-state index < -0.39 is 10.0 Å². The Bertz CT molecular complexity index is 549. The highest BCUT2D eigenvalue weighted by atomic mass is 32.2. The van der Waals surface area contributed by atoms with Crippen LogP contribution in [0, 0.1) is 0 Å². The maximum atomic E-state index is 11.9. The first-order chi connectivity index (χ1) is 9.94. The third kappa shape index (κ3) is 3.96. The predicted molar refractivity (Wildman–Crippen MR) is 85.9 cm³/mol. The lowest BCUT2D eigenvalue weighted by Gasteiger charge is -2.35. The monoisotopic (exact) mass is 311 g/mol. The lowest BCUT2D eigenvalue weighted by Crippen LogP contribution is -2.38. The fraction of sp³-hybridized carbons (Fsp3) is 0.600. The Morgan fingerprint density at radius 2 is 1.76 bits per heavy atom. The van der Waals surface area contributed by atoms with Gasteiger partial charge in [-0.25, -0.2) is 13.1 Å². The third-order valence-electron chi connectivity index (χ3n) is 4.18. The quantitative estimate of drug-likeness (QED) is 0.868. The number of sulfonamides is 1. The van der Waals surface area contributed by atoms with Gasteiger partial charge in [0.15, 0.2) is 0 Å². The molecule has 0 saturated heterocycles. The van der Waals surface area contributed by atoms with Gasteiger partial charge in [-0.2, -0.15) is 0 Å². The molecule has 1 fully saturated rings. The highest BCUT2D eigenvalue weighted by molar-refractivity contribution is 7.89. The highest BCUT2D eigenvalue weighted by Crippen LogP contribution is 2.26. The van der Waals surface area contributed by atoms with Gasteiger partial charge >= 0.3 is 0 Å². The number of rotatable bonds is 5. The van der Waals surface area contributed by atoms with Crippen LogP contribution in [0.1, 0.15) is 32.6 Å². The van der Waals surface area contributed by atoms with Crippen molar-refractivity contribution in [1.29, 1.82) is 0 Å². The van der Waals surface area contributed by atoms with Gasteiger partial charge in [0.05, 0.1) is 4.90 Å². The normalized spacial score (nSPS) is 23.0. The summed E-state index contributed by atoms with van der Waals surface area (Å²) in [5, 5.41) is 0. The molecule has 1 aliphatic rings. The van der Waals surface area contributed by atoms with Crippen molar-refractivity contribution >= 4 is 15.7 Å². The Labute approximate surface area is 127 Å². The van der Waals surface area contributed by atoms with Crippen LogP contribution in [0.15, 0.2) is 29.2 Å². The van der Waals surface area contributed by atoms with Gasteiger partial charge in [0, 0.05) is 31.4 Å². The molecule has 2 rings (SSSR count). The molecule has 21 heavy (non-hydrogen) atoms. The van der Waals surface area contributed by atoms with Crippen LogP contribution in [0.2, 0.25) is 0 Å². The molecule has 0 radical (unpaired) electrons. The maximum Gasteiger partial charge on any atom is 0.240 e. The standard InChI is InChI=1S/C15H25N3O2S/c1-3-17-21(19,20)15-10-8-14(9-11-15)18(2)13-6-4-12(16)5-7-13/h8-13,17H,3-7,16H2,1-2H3. The molecule has 0 atom stereocenters. The smallest absolute Gasteiger partial charge is 0.240 e. The summed E-state index contributed by atoms with van der Waals surface area (Å²) in [7, 11) is -1.31. The summed E-state index contributed by atoms with van der Waals surface area (Å²) in [4.78, 5) is 2.54. The SMILES string of the molecule is CCNS(=O)(=O)c1ccc(N(C)C2CCC(N)CC2)cc1. The molecule has 1 aromatic carbocycles. The van der Waals surface area contributed by atoms with Crippen molar-refractivity contribution in [3.8, 4) is 0 Å². The van der Waals surface area contributed by atoms with E-state index in [0.717, 1.165) is 31.4 Å². The molecule has 0 bridgehead atoms. The lowest BCUT2D eigenvalue weighted by molar-refractivity contribution is 0.385. The zero-order valence-electron chi connectivity index (χ0n) is 12.7. The van der Waals surface area contributed by atoms with Crippen molar-refractivity contribution in [2.45, 2.75) is 49.6 Å². The van der Waals surface area contributed by atoms with Gasteiger partial charge in [-0.3, -0.25) is 0 Å². The van der Waals surface area contributed by atoms with Gasteiger partial charge in [0.25, 0.3) is 0 Å². The van der Waals surface area contributed by atoms with Crippen molar-refractivity contribution < 1.29 is 8.42 Å². The first-order valence-electron chi connectivity index (χ1n) is 7.52. The van der Waals surface area contributed by atoms with Gasteiger partial charge in [0.1, 0.15) is 0 Å². The summed E-state index contributed by atoms with van der Waals surface area (Å²) in [6, 6.07) is 7.90. The number of nitrogens with two attached hydrogens (primary N) is 1. The van der Waals surface area contributed by atoms with Crippen molar-refractivity contribution in [2.75, 3.05) is 18.5 Å². The number of hydrogen-bond donors (Lipinski definition) is 2.